The standard InChI is InChI=1S/C18H19N3O3/c1-12(18(22)21-14-6-4-5-13(9-14)11-19)20-15-7-8-16(23-2)17(10-15)24-3/h4-10,12,20H,1-3H3,(H,21,22)/t12-/m0/s1. The Bertz CT molecular complexity index is 768. The lowest BCUT2D eigenvalue weighted by molar-refractivity contribution is -0.116. The van der Waals surface area contributed by atoms with Crippen LogP contribution >= 0.6 is 0 Å². The van der Waals surface area contributed by atoms with Crippen molar-refractivity contribution < 1.29 is 14.3 Å². The highest BCUT2D eigenvalue weighted by atomic mass is 16.5. The first-order valence-corrected chi connectivity index (χ1v) is 7.37. The summed E-state index contributed by atoms with van der Waals surface area (Å²) in [5, 5.41) is 14.8. The number of methoxy groups -OCH3 is 2. The zero-order valence-corrected chi connectivity index (χ0v) is 13.8. The summed E-state index contributed by atoms with van der Waals surface area (Å²) in [6.45, 7) is 1.75. The lowest BCUT2D eigenvalue weighted by Crippen LogP contribution is -2.31. The average Bonchev–Trinajstić information content (AvgIpc) is 2.61. The number of benzene rings is 2. The molecule has 0 aromatic heterocycles. The van der Waals surface area contributed by atoms with Gasteiger partial charge in [-0.2, -0.15) is 5.26 Å². The average molecular weight is 325 g/mol. The number of carbonyl (C=O) groups excluding carboxylic acids is 1. The topological polar surface area (TPSA) is 83.4 Å². The Morgan fingerprint density at radius 2 is 1.83 bits per heavy atom. The van der Waals surface area contributed by atoms with E-state index in [4.69, 9.17) is 14.7 Å². The van der Waals surface area contributed by atoms with E-state index in [0.717, 1.165) is 5.69 Å². The van der Waals surface area contributed by atoms with Gasteiger partial charge in [0.1, 0.15) is 6.04 Å². The van der Waals surface area contributed by atoms with Crippen molar-refractivity contribution in [2.24, 2.45) is 0 Å². The van der Waals surface area contributed by atoms with Crippen LogP contribution in [0.15, 0.2) is 42.5 Å². The maximum absolute atomic E-state index is 12.3. The van der Waals surface area contributed by atoms with Crippen LogP contribution in [0.2, 0.25) is 0 Å². The lowest BCUT2D eigenvalue weighted by atomic mass is 10.2. The van der Waals surface area contributed by atoms with Crippen molar-refractivity contribution >= 4 is 17.3 Å². The summed E-state index contributed by atoms with van der Waals surface area (Å²) < 4.78 is 10.4. The second kappa shape index (κ2) is 7.88. The van der Waals surface area contributed by atoms with Crippen molar-refractivity contribution in [3.63, 3.8) is 0 Å². The summed E-state index contributed by atoms with van der Waals surface area (Å²) >= 11 is 0. The van der Waals surface area contributed by atoms with Crippen LogP contribution in [0.5, 0.6) is 11.5 Å². The van der Waals surface area contributed by atoms with Crippen LogP contribution < -0.4 is 20.1 Å². The number of hydrogen-bond donors (Lipinski definition) is 2. The van der Waals surface area contributed by atoms with E-state index < -0.39 is 6.04 Å². The van der Waals surface area contributed by atoms with Gasteiger partial charge in [-0.3, -0.25) is 4.79 Å². The molecule has 0 spiro atoms. The Morgan fingerprint density at radius 3 is 2.50 bits per heavy atom. The van der Waals surface area contributed by atoms with E-state index in [1.807, 2.05) is 6.07 Å². The first-order chi connectivity index (χ1) is 11.6. The van der Waals surface area contributed by atoms with Crippen LogP contribution in [0.3, 0.4) is 0 Å². The highest BCUT2D eigenvalue weighted by Crippen LogP contribution is 2.30. The molecule has 2 aromatic carbocycles. The third kappa shape index (κ3) is 4.17. The van der Waals surface area contributed by atoms with Crippen molar-refractivity contribution in [3.05, 3.63) is 48.0 Å². The third-order valence-corrected chi connectivity index (χ3v) is 3.42. The highest BCUT2D eigenvalue weighted by molar-refractivity contribution is 5.96. The quantitative estimate of drug-likeness (QED) is 0.853. The smallest absolute Gasteiger partial charge is 0.246 e. The zero-order valence-electron chi connectivity index (χ0n) is 13.8. The van der Waals surface area contributed by atoms with E-state index >= 15 is 0 Å². The predicted molar refractivity (Wildman–Crippen MR) is 92.4 cm³/mol. The number of nitrogens with zero attached hydrogens (tertiary/aromatic N) is 1. The van der Waals surface area contributed by atoms with Gasteiger partial charge in [0, 0.05) is 17.4 Å². The molecule has 0 saturated heterocycles. The molecule has 0 bridgehead atoms. The first kappa shape index (κ1) is 17.2. The molecule has 1 atom stereocenters. The van der Waals surface area contributed by atoms with Crippen LogP contribution in [0.1, 0.15) is 12.5 Å². The Hall–Kier alpha value is -3.20. The largest absolute Gasteiger partial charge is 0.493 e. The minimum Gasteiger partial charge on any atom is -0.493 e. The molecule has 124 valence electrons. The number of nitriles is 1. The van der Waals surface area contributed by atoms with Gasteiger partial charge in [-0.05, 0) is 37.3 Å². The molecule has 0 unspecified atom stereocenters. The molecule has 0 radical (unpaired) electrons. The molecular formula is C18H19N3O3. The zero-order chi connectivity index (χ0) is 17.5. The fourth-order valence-electron chi connectivity index (χ4n) is 2.16. The maximum atomic E-state index is 12.3. The normalized spacial score (nSPS) is 11.1. The Labute approximate surface area is 141 Å². The third-order valence-electron chi connectivity index (χ3n) is 3.42. The summed E-state index contributed by atoms with van der Waals surface area (Å²) in [7, 11) is 3.12. The van der Waals surface area contributed by atoms with Gasteiger partial charge in [-0.15, -0.1) is 0 Å². The number of amides is 1. The number of anilines is 2. The van der Waals surface area contributed by atoms with Gasteiger partial charge in [-0.25, -0.2) is 0 Å². The molecular weight excluding hydrogens is 306 g/mol. The van der Waals surface area contributed by atoms with E-state index in [1.54, 1.807) is 63.6 Å². The van der Waals surface area contributed by atoms with Crippen LogP contribution in [-0.2, 0) is 4.79 Å². The van der Waals surface area contributed by atoms with E-state index in [9.17, 15) is 4.79 Å². The molecule has 0 heterocycles. The monoisotopic (exact) mass is 325 g/mol. The van der Waals surface area contributed by atoms with Gasteiger partial charge in [0.05, 0.1) is 25.9 Å². The van der Waals surface area contributed by atoms with Crippen LogP contribution in [-0.4, -0.2) is 26.2 Å². The van der Waals surface area contributed by atoms with Crippen molar-refractivity contribution in [2.75, 3.05) is 24.9 Å². The molecule has 24 heavy (non-hydrogen) atoms. The minimum atomic E-state index is -0.478. The van der Waals surface area contributed by atoms with Crippen molar-refractivity contribution in [3.8, 4) is 17.6 Å². The van der Waals surface area contributed by atoms with Gasteiger partial charge in [0.15, 0.2) is 11.5 Å². The van der Waals surface area contributed by atoms with E-state index in [2.05, 4.69) is 10.6 Å². The molecule has 6 nitrogen and oxygen atoms in total. The summed E-state index contributed by atoms with van der Waals surface area (Å²) in [5.74, 6) is 0.991. The SMILES string of the molecule is COc1ccc(N[C@@H](C)C(=O)Nc2cccc(C#N)c2)cc1OC. The summed E-state index contributed by atoms with van der Waals surface area (Å²) in [6.07, 6.45) is 0. The van der Waals surface area contributed by atoms with E-state index in [1.165, 1.54) is 0 Å². The number of hydrogen-bond acceptors (Lipinski definition) is 5. The fraction of sp³-hybridized carbons (Fsp3) is 0.222. The summed E-state index contributed by atoms with van der Waals surface area (Å²) in [4.78, 5) is 12.3. The van der Waals surface area contributed by atoms with Crippen LogP contribution in [0.25, 0.3) is 0 Å². The Balaban J connectivity index is 2.04. The van der Waals surface area contributed by atoms with Gasteiger partial charge in [-0.1, -0.05) is 6.07 Å². The Morgan fingerprint density at radius 1 is 1.08 bits per heavy atom. The molecule has 0 aliphatic heterocycles. The highest BCUT2D eigenvalue weighted by Gasteiger charge is 2.14. The van der Waals surface area contributed by atoms with Crippen LogP contribution in [0.4, 0.5) is 11.4 Å². The molecule has 2 aromatic rings. The molecule has 0 aliphatic rings. The maximum Gasteiger partial charge on any atom is 0.246 e. The summed E-state index contributed by atoms with van der Waals surface area (Å²) in [6, 6.07) is 13.7. The molecule has 6 heteroatoms. The summed E-state index contributed by atoms with van der Waals surface area (Å²) in [5.41, 5.74) is 1.81. The van der Waals surface area contributed by atoms with Crippen molar-refractivity contribution in [1.82, 2.24) is 0 Å². The van der Waals surface area contributed by atoms with Crippen molar-refractivity contribution in [1.29, 1.82) is 5.26 Å². The molecule has 0 aliphatic carbocycles. The van der Waals surface area contributed by atoms with Gasteiger partial charge < -0.3 is 20.1 Å². The molecule has 0 fully saturated rings. The lowest BCUT2D eigenvalue weighted by Gasteiger charge is -2.17. The second-order valence-corrected chi connectivity index (χ2v) is 5.12. The van der Waals surface area contributed by atoms with Gasteiger partial charge in [0.2, 0.25) is 5.91 Å². The molecule has 0 saturated carbocycles. The van der Waals surface area contributed by atoms with Gasteiger partial charge in [0.25, 0.3) is 0 Å². The molecule has 2 N–H and O–H groups in total. The number of carbonyl (C=O) groups is 1. The van der Waals surface area contributed by atoms with E-state index in [-0.39, 0.29) is 5.91 Å². The van der Waals surface area contributed by atoms with E-state index in [0.29, 0.717) is 22.7 Å². The van der Waals surface area contributed by atoms with Crippen LogP contribution in [0, 0.1) is 11.3 Å². The number of rotatable bonds is 6. The molecule has 2 rings (SSSR count). The number of ether oxygens (including phenoxy) is 2. The Kier molecular flexibility index (Phi) is 5.63. The van der Waals surface area contributed by atoms with Crippen molar-refractivity contribution in [2.45, 2.75) is 13.0 Å². The number of nitrogens with one attached hydrogen (secondary N) is 2. The van der Waals surface area contributed by atoms with Gasteiger partial charge >= 0.3 is 0 Å². The molecule has 1 amide bonds. The second-order valence-electron chi connectivity index (χ2n) is 5.12. The minimum absolute atomic E-state index is 0.208. The predicted octanol–water partition coefficient (Wildman–Crippen LogP) is 3.01. The fourth-order valence-corrected chi connectivity index (χ4v) is 2.16. The first-order valence-electron chi connectivity index (χ1n) is 7.37.